The largest absolute Gasteiger partial charge is 0.337 e. The van der Waals surface area contributed by atoms with E-state index in [1.54, 1.807) is 29.7 Å². The normalized spacial score (nSPS) is 14.3. The lowest BCUT2D eigenvalue weighted by atomic mass is 9.88. The molecule has 1 aliphatic rings. The summed E-state index contributed by atoms with van der Waals surface area (Å²) in [5.41, 5.74) is 1.57. The molecule has 1 fully saturated rings. The molecule has 2 rings (SSSR count). The van der Waals surface area contributed by atoms with Crippen molar-refractivity contribution < 1.29 is 19.6 Å². The van der Waals surface area contributed by atoms with Gasteiger partial charge in [0.05, 0.1) is 10.7 Å². The van der Waals surface area contributed by atoms with Gasteiger partial charge in [0.1, 0.15) is 6.54 Å². The van der Waals surface area contributed by atoms with E-state index in [1.165, 1.54) is 4.90 Å². The first-order valence-electron chi connectivity index (χ1n) is 10.2. The van der Waals surface area contributed by atoms with E-state index < -0.39 is 17.4 Å². The molecule has 30 heavy (non-hydrogen) atoms. The van der Waals surface area contributed by atoms with Crippen LogP contribution in [0.1, 0.15) is 46.0 Å². The Morgan fingerprint density at radius 2 is 1.87 bits per heavy atom. The number of urea groups is 1. The number of hydrogen-bond donors (Lipinski definition) is 4. The van der Waals surface area contributed by atoms with Gasteiger partial charge in [-0.15, -0.1) is 0 Å². The van der Waals surface area contributed by atoms with E-state index in [1.807, 2.05) is 13.8 Å². The van der Waals surface area contributed by atoms with E-state index in [9.17, 15) is 14.4 Å². The highest BCUT2D eigenvalue weighted by molar-refractivity contribution is 6.33. The van der Waals surface area contributed by atoms with E-state index in [4.69, 9.17) is 16.8 Å². The molecular formula is C21H31ClN4O4. The maximum absolute atomic E-state index is 12.9. The van der Waals surface area contributed by atoms with Gasteiger partial charge in [-0.05, 0) is 36.3 Å². The van der Waals surface area contributed by atoms with Gasteiger partial charge in [-0.2, -0.15) is 0 Å². The lowest BCUT2D eigenvalue weighted by molar-refractivity contribution is -0.141. The molecule has 166 valence electrons. The summed E-state index contributed by atoms with van der Waals surface area (Å²) in [4.78, 5) is 38.2. The molecule has 9 heteroatoms. The topological polar surface area (TPSA) is 111 Å². The van der Waals surface area contributed by atoms with Crippen molar-refractivity contribution in [3.63, 3.8) is 0 Å². The van der Waals surface area contributed by atoms with Gasteiger partial charge in [-0.1, -0.05) is 50.4 Å². The molecule has 0 heterocycles. The molecule has 1 aromatic carbocycles. The Morgan fingerprint density at radius 3 is 2.50 bits per heavy atom. The summed E-state index contributed by atoms with van der Waals surface area (Å²) in [6.45, 7) is 4.34. The Kier molecular flexibility index (Phi) is 8.92. The van der Waals surface area contributed by atoms with Crippen LogP contribution >= 0.6 is 11.6 Å². The second kappa shape index (κ2) is 11.2. The molecule has 1 saturated carbocycles. The minimum Gasteiger partial charge on any atom is -0.337 e. The summed E-state index contributed by atoms with van der Waals surface area (Å²) in [5, 5.41) is 14.7. The van der Waals surface area contributed by atoms with Crippen LogP contribution in [0.5, 0.6) is 0 Å². The van der Waals surface area contributed by atoms with Gasteiger partial charge in [0.25, 0.3) is 5.91 Å². The Morgan fingerprint density at radius 1 is 1.20 bits per heavy atom. The first-order chi connectivity index (χ1) is 14.2. The zero-order valence-electron chi connectivity index (χ0n) is 17.5. The average molecular weight is 439 g/mol. The molecular weight excluding hydrogens is 408 g/mol. The van der Waals surface area contributed by atoms with Crippen molar-refractivity contribution in [3.05, 3.63) is 29.3 Å². The predicted molar refractivity (Wildman–Crippen MR) is 115 cm³/mol. The molecule has 0 aliphatic heterocycles. The van der Waals surface area contributed by atoms with E-state index in [0.717, 1.165) is 25.7 Å². The standard InChI is InChI=1S/C21H31ClN4O4/c1-21(2,14-23-20(29)24-17-10-6-5-9-16(17)22)11-19(28)26(13-18(27)25-30)12-15-7-3-4-8-15/h5-6,9-10,15,30H,3-4,7-8,11-14H2,1-2H3,(H,25,27)(H2,23,24,29). The molecule has 0 saturated heterocycles. The number of benzene rings is 1. The van der Waals surface area contributed by atoms with E-state index in [-0.39, 0.29) is 25.4 Å². The number of carbonyl (C=O) groups excluding carboxylic acids is 3. The third kappa shape index (κ3) is 7.84. The molecule has 0 aromatic heterocycles. The zero-order chi connectivity index (χ0) is 22.1. The molecule has 1 aromatic rings. The highest BCUT2D eigenvalue weighted by Gasteiger charge is 2.29. The fourth-order valence-corrected chi connectivity index (χ4v) is 3.78. The third-order valence-electron chi connectivity index (χ3n) is 5.24. The SMILES string of the molecule is CC(C)(CNC(=O)Nc1ccccc1Cl)CC(=O)N(CC(=O)NO)CC1CCCC1. The van der Waals surface area contributed by atoms with Gasteiger partial charge in [0.15, 0.2) is 0 Å². The summed E-state index contributed by atoms with van der Waals surface area (Å²) >= 11 is 6.04. The number of nitrogens with zero attached hydrogens (tertiary/aromatic N) is 1. The molecule has 4 amide bonds. The summed E-state index contributed by atoms with van der Waals surface area (Å²) in [5.74, 6) is -0.414. The molecule has 1 aliphatic carbocycles. The van der Waals surface area contributed by atoms with Crippen LogP contribution in [-0.4, -0.2) is 47.6 Å². The molecule has 0 atom stereocenters. The Hall–Kier alpha value is -2.32. The van der Waals surface area contributed by atoms with Gasteiger partial charge < -0.3 is 15.5 Å². The minimum atomic E-state index is -0.614. The van der Waals surface area contributed by atoms with Gasteiger partial charge in [-0.3, -0.25) is 14.8 Å². The number of para-hydroxylation sites is 1. The smallest absolute Gasteiger partial charge is 0.319 e. The van der Waals surface area contributed by atoms with Crippen LogP contribution in [0.15, 0.2) is 24.3 Å². The van der Waals surface area contributed by atoms with Crippen molar-refractivity contribution in [1.82, 2.24) is 15.7 Å². The van der Waals surface area contributed by atoms with Crippen LogP contribution in [0.4, 0.5) is 10.5 Å². The lowest BCUT2D eigenvalue weighted by Gasteiger charge is -2.30. The Balaban J connectivity index is 1.89. The first kappa shape index (κ1) is 24.0. The van der Waals surface area contributed by atoms with Crippen LogP contribution in [0, 0.1) is 11.3 Å². The quantitative estimate of drug-likeness (QED) is 0.349. The van der Waals surface area contributed by atoms with Crippen molar-refractivity contribution >= 4 is 35.1 Å². The maximum Gasteiger partial charge on any atom is 0.319 e. The van der Waals surface area contributed by atoms with Gasteiger partial charge >= 0.3 is 6.03 Å². The van der Waals surface area contributed by atoms with Gasteiger partial charge in [-0.25, -0.2) is 10.3 Å². The number of anilines is 1. The molecule has 0 spiro atoms. The monoisotopic (exact) mass is 438 g/mol. The van der Waals surface area contributed by atoms with E-state index in [0.29, 0.717) is 23.2 Å². The number of hydrogen-bond acceptors (Lipinski definition) is 4. The molecule has 4 N–H and O–H groups in total. The number of halogens is 1. The molecule has 0 radical (unpaired) electrons. The lowest BCUT2D eigenvalue weighted by Crippen LogP contribution is -2.45. The molecule has 0 unspecified atom stereocenters. The Bertz CT molecular complexity index is 750. The van der Waals surface area contributed by atoms with Gasteiger partial charge in [0, 0.05) is 19.5 Å². The van der Waals surface area contributed by atoms with Crippen LogP contribution in [-0.2, 0) is 9.59 Å². The van der Waals surface area contributed by atoms with Crippen molar-refractivity contribution in [2.24, 2.45) is 11.3 Å². The highest BCUT2D eigenvalue weighted by atomic mass is 35.5. The van der Waals surface area contributed by atoms with E-state index >= 15 is 0 Å². The number of carbonyl (C=O) groups is 3. The molecule has 8 nitrogen and oxygen atoms in total. The average Bonchev–Trinajstić information content (AvgIpc) is 3.20. The van der Waals surface area contributed by atoms with Gasteiger partial charge in [0.2, 0.25) is 5.91 Å². The van der Waals surface area contributed by atoms with E-state index in [2.05, 4.69) is 10.6 Å². The molecule has 0 bridgehead atoms. The van der Waals surface area contributed by atoms with Crippen LogP contribution in [0.25, 0.3) is 0 Å². The summed E-state index contributed by atoms with van der Waals surface area (Å²) in [7, 11) is 0. The van der Waals surface area contributed by atoms with Crippen LogP contribution < -0.4 is 16.1 Å². The third-order valence-corrected chi connectivity index (χ3v) is 5.57. The summed E-state index contributed by atoms with van der Waals surface area (Å²) in [6, 6.07) is 6.51. The van der Waals surface area contributed by atoms with Crippen molar-refractivity contribution in [2.75, 3.05) is 25.0 Å². The Labute approximate surface area is 182 Å². The second-order valence-corrected chi connectivity index (χ2v) is 9.00. The zero-order valence-corrected chi connectivity index (χ0v) is 18.3. The number of amides is 4. The minimum absolute atomic E-state index is 0.158. The fourth-order valence-electron chi connectivity index (χ4n) is 3.60. The number of rotatable bonds is 9. The fraction of sp³-hybridized carbons (Fsp3) is 0.571. The summed E-state index contributed by atoms with van der Waals surface area (Å²) in [6.07, 6.45) is 4.50. The first-order valence-corrected chi connectivity index (χ1v) is 10.6. The number of hydroxylamine groups is 1. The van der Waals surface area contributed by atoms with Crippen molar-refractivity contribution in [2.45, 2.75) is 46.0 Å². The number of nitrogens with one attached hydrogen (secondary N) is 3. The van der Waals surface area contributed by atoms with Crippen molar-refractivity contribution in [1.29, 1.82) is 0 Å². The van der Waals surface area contributed by atoms with Crippen LogP contribution in [0.3, 0.4) is 0 Å². The summed E-state index contributed by atoms with van der Waals surface area (Å²) < 4.78 is 0. The highest BCUT2D eigenvalue weighted by Crippen LogP contribution is 2.27. The maximum atomic E-state index is 12.9. The van der Waals surface area contributed by atoms with Crippen molar-refractivity contribution in [3.8, 4) is 0 Å². The second-order valence-electron chi connectivity index (χ2n) is 8.59. The van der Waals surface area contributed by atoms with Crippen LogP contribution in [0.2, 0.25) is 5.02 Å². The predicted octanol–water partition coefficient (Wildman–Crippen LogP) is 3.40.